The topological polar surface area (TPSA) is 53.5 Å². The minimum atomic E-state index is -0.380. The average Bonchev–Trinajstić information content (AvgIpc) is 3.27. The van der Waals surface area contributed by atoms with E-state index in [1.165, 1.54) is 24.5 Å². The second-order valence-corrected chi connectivity index (χ2v) is 9.95. The molecule has 4 rings (SSSR count). The molecular weight excluding hydrogens is 437 g/mol. The largest absolute Gasteiger partial charge is 0.492 e. The normalized spacial score (nSPS) is 15.1. The van der Waals surface area contributed by atoms with Crippen molar-refractivity contribution in [2.45, 2.75) is 38.6 Å². The molecule has 0 radical (unpaired) electrons. The molecule has 8 heteroatoms. The Balaban J connectivity index is 1.50. The number of halogens is 1. The highest BCUT2D eigenvalue weighted by atomic mass is 32.1. The minimum Gasteiger partial charge on any atom is -0.492 e. The zero-order valence-electron chi connectivity index (χ0n) is 19.9. The van der Waals surface area contributed by atoms with Gasteiger partial charge < -0.3 is 19.9 Å². The van der Waals surface area contributed by atoms with Gasteiger partial charge in [0, 0.05) is 30.9 Å². The Morgan fingerprint density at radius 1 is 1.18 bits per heavy atom. The van der Waals surface area contributed by atoms with Gasteiger partial charge in [-0.2, -0.15) is 0 Å². The summed E-state index contributed by atoms with van der Waals surface area (Å²) in [7, 11) is 5.60. The Kier molecular flexibility index (Phi) is 7.14. The summed E-state index contributed by atoms with van der Waals surface area (Å²) in [5.74, 6) is 0.410. The summed E-state index contributed by atoms with van der Waals surface area (Å²) in [6.07, 6.45) is 5.95. The smallest absolute Gasteiger partial charge is 0.187 e. The molecule has 0 spiro atoms. The van der Waals surface area contributed by atoms with Crippen LogP contribution < -0.4 is 15.0 Å². The van der Waals surface area contributed by atoms with E-state index in [9.17, 15) is 4.39 Å². The second kappa shape index (κ2) is 10.1. The van der Waals surface area contributed by atoms with E-state index >= 15 is 0 Å². The summed E-state index contributed by atoms with van der Waals surface area (Å²) in [5, 5.41) is 4.08. The van der Waals surface area contributed by atoms with Crippen molar-refractivity contribution in [2.24, 2.45) is 0 Å². The molecule has 176 valence electrons. The number of ether oxygens (including phenoxy) is 1. The summed E-state index contributed by atoms with van der Waals surface area (Å²) >= 11 is 1.48. The molecule has 1 saturated heterocycles. The predicted octanol–water partition coefficient (Wildman–Crippen LogP) is 5.75. The maximum Gasteiger partial charge on any atom is 0.187 e. The van der Waals surface area contributed by atoms with Gasteiger partial charge in [0.1, 0.15) is 0 Å². The number of nitrogens with zero attached hydrogens (tertiary/aromatic N) is 4. The van der Waals surface area contributed by atoms with Crippen molar-refractivity contribution in [3.05, 3.63) is 48.2 Å². The number of benzene rings is 1. The van der Waals surface area contributed by atoms with Gasteiger partial charge in [0.2, 0.25) is 0 Å². The first-order valence-corrected chi connectivity index (χ1v) is 12.2. The van der Waals surface area contributed by atoms with E-state index in [0.717, 1.165) is 58.6 Å². The van der Waals surface area contributed by atoms with Gasteiger partial charge >= 0.3 is 0 Å². The number of aromatic nitrogens is 2. The zero-order valence-corrected chi connectivity index (χ0v) is 20.7. The van der Waals surface area contributed by atoms with Crippen LogP contribution in [0, 0.1) is 5.82 Å². The first-order chi connectivity index (χ1) is 15.9. The number of thiazole rings is 1. The van der Waals surface area contributed by atoms with Crippen LogP contribution in [0.25, 0.3) is 10.4 Å². The van der Waals surface area contributed by atoms with Gasteiger partial charge in [-0.15, -0.1) is 0 Å². The van der Waals surface area contributed by atoms with Gasteiger partial charge in [0.25, 0.3) is 0 Å². The van der Waals surface area contributed by atoms with E-state index in [2.05, 4.69) is 48.2 Å². The van der Waals surface area contributed by atoms with Gasteiger partial charge in [-0.1, -0.05) is 11.3 Å². The van der Waals surface area contributed by atoms with E-state index < -0.39 is 0 Å². The van der Waals surface area contributed by atoms with Gasteiger partial charge in [0.05, 0.1) is 29.6 Å². The number of nitrogens with one attached hydrogen (secondary N) is 1. The van der Waals surface area contributed by atoms with Crippen molar-refractivity contribution >= 4 is 27.8 Å². The first kappa shape index (κ1) is 23.4. The number of anilines is 3. The number of likely N-dealkylation sites (tertiary alicyclic amines) is 1. The van der Waals surface area contributed by atoms with E-state index in [0.29, 0.717) is 5.92 Å². The molecular formula is C25H32FN5OS. The van der Waals surface area contributed by atoms with E-state index in [-0.39, 0.29) is 17.6 Å². The van der Waals surface area contributed by atoms with Crippen LogP contribution in [0.3, 0.4) is 0 Å². The lowest BCUT2D eigenvalue weighted by molar-refractivity contribution is 0.253. The fraction of sp³-hybridized carbons (Fsp3) is 0.440. The van der Waals surface area contributed by atoms with E-state index in [1.807, 2.05) is 24.2 Å². The van der Waals surface area contributed by atoms with Crippen molar-refractivity contribution in [3.8, 4) is 16.2 Å². The van der Waals surface area contributed by atoms with Crippen molar-refractivity contribution in [1.82, 2.24) is 14.9 Å². The van der Waals surface area contributed by atoms with Gasteiger partial charge in [-0.25, -0.2) is 9.37 Å². The molecule has 2 aromatic heterocycles. The molecule has 1 aliphatic rings. The fourth-order valence-corrected chi connectivity index (χ4v) is 4.90. The van der Waals surface area contributed by atoms with Crippen LogP contribution in [0.1, 0.15) is 38.3 Å². The van der Waals surface area contributed by atoms with Crippen LogP contribution in [0.15, 0.2) is 36.7 Å². The molecule has 33 heavy (non-hydrogen) atoms. The highest BCUT2D eigenvalue weighted by Crippen LogP contribution is 2.39. The maximum absolute atomic E-state index is 14.8. The molecule has 1 N–H and O–H groups in total. The Bertz CT molecular complexity index is 1080. The van der Waals surface area contributed by atoms with Crippen molar-refractivity contribution < 1.29 is 9.13 Å². The lowest BCUT2D eigenvalue weighted by atomic mass is 9.93. The number of pyridine rings is 1. The summed E-state index contributed by atoms with van der Waals surface area (Å²) in [5.41, 5.74) is 3.55. The van der Waals surface area contributed by atoms with Gasteiger partial charge in [0.15, 0.2) is 16.7 Å². The van der Waals surface area contributed by atoms with Crippen LogP contribution in [0.2, 0.25) is 0 Å². The molecule has 1 aromatic carbocycles. The number of hydrogen-bond acceptors (Lipinski definition) is 7. The molecule has 0 saturated carbocycles. The molecule has 3 heterocycles. The van der Waals surface area contributed by atoms with Crippen LogP contribution in [-0.4, -0.2) is 55.2 Å². The lowest BCUT2D eigenvalue weighted by Crippen LogP contribution is -2.29. The molecule has 6 nitrogen and oxygen atoms in total. The van der Waals surface area contributed by atoms with Crippen LogP contribution >= 0.6 is 11.3 Å². The van der Waals surface area contributed by atoms with Gasteiger partial charge in [-0.3, -0.25) is 4.98 Å². The molecule has 0 aliphatic carbocycles. The van der Waals surface area contributed by atoms with E-state index in [4.69, 9.17) is 9.72 Å². The number of rotatable bonds is 7. The Hall–Kier alpha value is -2.71. The maximum atomic E-state index is 14.8. The molecule has 1 fully saturated rings. The molecule has 0 amide bonds. The molecule has 0 atom stereocenters. The highest BCUT2D eigenvalue weighted by molar-refractivity contribution is 7.18. The number of methoxy groups -OCH3 is 1. The fourth-order valence-electron chi connectivity index (χ4n) is 4.08. The van der Waals surface area contributed by atoms with Crippen molar-refractivity contribution in [3.63, 3.8) is 0 Å². The van der Waals surface area contributed by atoms with Crippen LogP contribution in [-0.2, 0) is 0 Å². The molecule has 0 unspecified atom stereocenters. The SMILES string of the molecule is COc1c(F)cc(-c2cnc(Nc3ccc(C4CCN(C)CC4)nc3)s2)cc1N(C)C(C)C. The predicted molar refractivity (Wildman–Crippen MR) is 135 cm³/mol. The van der Waals surface area contributed by atoms with Crippen LogP contribution in [0.4, 0.5) is 20.9 Å². The Labute approximate surface area is 199 Å². The summed E-state index contributed by atoms with van der Waals surface area (Å²) in [6.45, 7) is 6.36. The van der Waals surface area contributed by atoms with Crippen LogP contribution in [0.5, 0.6) is 5.75 Å². The molecule has 3 aromatic rings. The Morgan fingerprint density at radius 2 is 1.94 bits per heavy atom. The first-order valence-electron chi connectivity index (χ1n) is 11.3. The number of hydrogen-bond donors (Lipinski definition) is 1. The van der Waals surface area contributed by atoms with Gasteiger partial charge in [-0.05, 0) is 76.7 Å². The van der Waals surface area contributed by atoms with E-state index in [1.54, 1.807) is 6.20 Å². The second-order valence-electron chi connectivity index (χ2n) is 8.92. The summed E-state index contributed by atoms with van der Waals surface area (Å²) in [6, 6.07) is 7.84. The quantitative estimate of drug-likeness (QED) is 0.475. The molecule has 0 bridgehead atoms. The lowest BCUT2D eigenvalue weighted by Gasteiger charge is -2.28. The van der Waals surface area contributed by atoms with Crippen molar-refractivity contribution in [1.29, 1.82) is 0 Å². The summed E-state index contributed by atoms with van der Waals surface area (Å²) in [4.78, 5) is 14.4. The third kappa shape index (κ3) is 5.28. The highest BCUT2D eigenvalue weighted by Gasteiger charge is 2.20. The number of piperidine rings is 1. The average molecular weight is 470 g/mol. The molecule has 1 aliphatic heterocycles. The minimum absolute atomic E-state index is 0.206. The third-order valence-corrected chi connectivity index (χ3v) is 7.31. The Morgan fingerprint density at radius 3 is 2.58 bits per heavy atom. The zero-order chi connectivity index (χ0) is 23.5. The monoisotopic (exact) mass is 469 g/mol. The van der Waals surface area contributed by atoms with Crippen molar-refractivity contribution in [2.75, 3.05) is 44.5 Å². The summed E-state index contributed by atoms with van der Waals surface area (Å²) < 4.78 is 20.1. The standard InChI is InChI=1S/C25H32FN5OS/c1-16(2)31(4)22-13-18(12-20(26)24(22)32-5)23-15-28-25(33-23)29-19-6-7-21(27-14-19)17-8-10-30(3)11-9-17/h6-7,12-17H,8-11H2,1-5H3,(H,28,29). The third-order valence-electron chi connectivity index (χ3n) is 6.35.